The number of fused-ring (bicyclic) bond motifs is 5. The van der Waals surface area contributed by atoms with Gasteiger partial charge in [-0.05, 0) is 120 Å². The van der Waals surface area contributed by atoms with Crippen LogP contribution in [0.5, 0.6) is 0 Å². The highest BCUT2D eigenvalue weighted by molar-refractivity contribution is 5.99. The first-order valence-corrected chi connectivity index (χ1v) is 18.0. The summed E-state index contributed by atoms with van der Waals surface area (Å²) in [7, 11) is 0. The van der Waals surface area contributed by atoms with E-state index in [4.69, 9.17) is 0 Å². The highest BCUT2D eigenvalue weighted by Gasteiger charge is 2.46. The normalized spacial score (nSPS) is 12.8. The molecule has 0 fully saturated rings. The molecule has 0 aromatic heterocycles. The molecule has 0 bridgehead atoms. The molecule has 0 saturated heterocycles. The average molecular weight is 662 g/mol. The van der Waals surface area contributed by atoms with Gasteiger partial charge in [-0.15, -0.1) is 0 Å². The lowest BCUT2D eigenvalue weighted by Crippen LogP contribution is -2.28. The Morgan fingerprint density at radius 1 is 0.288 bits per heavy atom. The molecule has 0 radical (unpaired) electrons. The molecule has 0 heterocycles. The zero-order chi connectivity index (χ0) is 34.5. The van der Waals surface area contributed by atoms with E-state index >= 15 is 0 Å². The van der Waals surface area contributed by atoms with Crippen molar-refractivity contribution in [3.05, 3.63) is 229 Å². The average Bonchev–Trinajstić information content (AvgIpc) is 3.51. The van der Waals surface area contributed by atoms with E-state index < -0.39 is 5.41 Å². The lowest BCUT2D eigenvalue weighted by Gasteiger charge is -2.34. The lowest BCUT2D eigenvalue weighted by atomic mass is 9.67. The summed E-state index contributed by atoms with van der Waals surface area (Å²) in [5, 5.41) is 8.76. The van der Waals surface area contributed by atoms with Gasteiger partial charge < -0.3 is 5.32 Å². The Labute approximate surface area is 304 Å². The van der Waals surface area contributed by atoms with E-state index in [2.05, 4.69) is 212 Å². The van der Waals surface area contributed by atoms with Crippen LogP contribution in [0.1, 0.15) is 22.3 Å². The second kappa shape index (κ2) is 12.3. The quantitative estimate of drug-likeness (QED) is 0.187. The molecule has 1 aliphatic carbocycles. The maximum atomic E-state index is 3.78. The number of hydrogen-bond acceptors (Lipinski definition) is 1. The molecule has 0 amide bonds. The van der Waals surface area contributed by atoms with Gasteiger partial charge in [0.15, 0.2) is 0 Å². The van der Waals surface area contributed by atoms with Gasteiger partial charge in [0.1, 0.15) is 0 Å². The fraction of sp³-hybridized carbons (Fsp3) is 0.0196. The van der Waals surface area contributed by atoms with Gasteiger partial charge in [-0.2, -0.15) is 0 Å². The van der Waals surface area contributed by atoms with Crippen molar-refractivity contribution >= 4 is 32.9 Å². The van der Waals surface area contributed by atoms with Crippen molar-refractivity contribution in [1.82, 2.24) is 0 Å². The molecular weight excluding hydrogens is 627 g/mol. The molecular formula is C51H35N. The van der Waals surface area contributed by atoms with Gasteiger partial charge in [-0.3, -0.25) is 0 Å². The molecule has 9 aromatic carbocycles. The third-order valence-corrected chi connectivity index (χ3v) is 10.9. The Bertz CT molecular complexity index is 2700. The van der Waals surface area contributed by atoms with Crippen LogP contribution in [0.2, 0.25) is 0 Å². The van der Waals surface area contributed by atoms with Crippen molar-refractivity contribution < 1.29 is 0 Å². The smallest absolute Gasteiger partial charge is 0.0714 e. The molecule has 1 N–H and O–H groups in total. The van der Waals surface area contributed by atoms with Crippen LogP contribution in [-0.2, 0) is 5.41 Å². The highest BCUT2D eigenvalue weighted by Crippen LogP contribution is 2.56. The molecule has 9 aromatic rings. The number of rotatable bonds is 6. The van der Waals surface area contributed by atoms with E-state index in [9.17, 15) is 0 Å². The summed E-state index contributed by atoms with van der Waals surface area (Å²) >= 11 is 0. The van der Waals surface area contributed by atoms with E-state index in [-0.39, 0.29) is 0 Å². The fourth-order valence-electron chi connectivity index (χ4n) is 8.50. The van der Waals surface area contributed by atoms with Gasteiger partial charge in [0, 0.05) is 11.4 Å². The van der Waals surface area contributed by atoms with E-state index in [1.165, 1.54) is 77.2 Å². The van der Waals surface area contributed by atoms with Crippen LogP contribution in [0, 0.1) is 0 Å². The molecule has 0 spiro atoms. The summed E-state index contributed by atoms with van der Waals surface area (Å²) < 4.78 is 0. The summed E-state index contributed by atoms with van der Waals surface area (Å²) in [4.78, 5) is 0. The maximum absolute atomic E-state index is 3.78. The zero-order valence-corrected chi connectivity index (χ0v) is 28.6. The van der Waals surface area contributed by atoms with Crippen LogP contribution >= 0.6 is 0 Å². The molecule has 1 aliphatic rings. The summed E-state index contributed by atoms with van der Waals surface area (Å²) in [6, 6.07) is 75.4. The predicted octanol–water partition coefficient (Wildman–Crippen LogP) is 13.4. The molecule has 52 heavy (non-hydrogen) atoms. The van der Waals surface area contributed by atoms with Crippen molar-refractivity contribution in [2.24, 2.45) is 0 Å². The molecule has 0 saturated carbocycles. The van der Waals surface area contributed by atoms with E-state index in [0.717, 1.165) is 11.4 Å². The summed E-state index contributed by atoms with van der Waals surface area (Å²) in [5.74, 6) is 0. The Morgan fingerprint density at radius 2 is 0.788 bits per heavy atom. The first-order chi connectivity index (χ1) is 25.8. The molecule has 1 heteroatoms. The topological polar surface area (TPSA) is 12.0 Å². The minimum atomic E-state index is -0.425. The molecule has 1 nitrogen and oxygen atoms in total. The minimum Gasteiger partial charge on any atom is -0.356 e. The van der Waals surface area contributed by atoms with Crippen LogP contribution in [0.3, 0.4) is 0 Å². The van der Waals surface area contributed by atoms with Crippen LogP contribution in [0.15, 0.2) is 206 Å². The Balaban J connectivity index is 1.05. The van der Waals surface area contributed by atoms with Gasteiger partial charge in [-0.25, -0.2) is 0 Å². The number of nitrogens with one attached hydrogen (secondary N) is 1. The van der Waals surface area contributed by atoms with Crippen molar-refractivity contribution in [1.29, 1.82) is 0 Å². The second-order valence-corrected chi connectivity index (χ2v) is 13.8. The van der Waals surface area contributed by atoms with Gasteiger partial charge in [-0.1, -0.05) is 164 Å². The summed E-state index contributed by atoms with van der Waals surface area (Å²) in [6.45, 7) is 0. The van der Waals surface area contributed by atoms with Crippen molar-refractivity contribution in [2.45, 2.75) is 5.41 Å². The lowest BCUT2D eigenvalue weighted by molar-refractivity contribution is 0.769. The van der Waals surface area contributed by atoms with Gasteiger partial charge in [0.05, 0.1) is 5.41 Å². The van der Waals surface area contributed by atoms with Crippen LogP contribution < -0.4 is 5.32 Å². The Kier molecular flexibility index (Phi) is 7.11. The molecule has 244 valence electrons. The molecule has 10 rings (SSSR count). The Morgan fingerprint density at radius 3 is 1.46 bits per heavy atom. The SMILES string of the molecule is c1ccc(C2(c3ccccc3)c3ccccc3-c3ccc(Nc4ccc(-c5cc6ccccc6cc5-c5ccc6ccccc6c5)cc4)cc32)cc1. The Hall–Kier alpha value is -6.70. The summed E-state index contributed by atoms with van der Waals surface area (Å²) in [6.07, 6.45) is 0. The highest BCUT2D eigenvalue weighted by atomic mass is 14.9. The van der Waals surface area contributed by atoms with E-state index in [0.29, 0.717) is 0 Å². The minimum absolute atomic E-state index is 0.425. The number of anilines is 2. The third kappa shape index (κ3) is 4.86. The monoisotopic (exact) mass is 661 g/mol. The number of hydrogen-bond donors (Lipinski definition) is 1. The third-order valence-electron chi connectivity index (χ3n) is 10.9. The van der Waals surface area contributed by atoms with Crippen molar-refractivity contribution in [3.8, 4) is 33.4 Å². The first kappa shape index (κ1) is 30.2. The zero-order valence-electron chi connectivity index (χ0n) is 28.6. The van der Waals surface area contributed by atoms with E-state index in [1.807, 2.05) is 0 Å². The van der Waals surface area contributed by atoms with Gasteiger partial charge in [0.25, 0.3) is 0 Å². The van der Waals surface area contributed by atoms with Crippen molar-refractivity contribution in [2.75, 3.05) is 5.32 Å². The standard InChI is InChI=1S/C51H35N/c1-3-17-41(18-4-1)51(42-19-5-2-6-20-42)49-22-12-11-21-45(49)46-30-29-44(34-50(46)51)52-43-27-25-36(26-28-43)47-32-38-15-9-10-16-39(38)33-48(47)40-24-23-35-13-7-8-14-37(35)31-40/h1-34,52H. The maximum Gasteiger partial charge on any atom is 0.0714 e. The number of benzene rings is 9. The molecule has 0 unspecified atom stereocenters. The van der Waals surface area contributed by atoms with Crippen LogP contribution in [0.25, 0.3) is 54.9 Å². The van der Waals surface area contributed by atoms with Crippen LogP contribution in [0.4, 0.5) is 11.4 Å². The first-order valence-electron chi connectivity index (χ1n) is 18.0. The van der Waals surface area contributed by atoms with Crippen LogP contribution in [-0.4, -0.2) is 0 Å². The largest absolute Gasteiger partial charge is 0.356 e. The van der Waals surface area contributed by atoms with E-state index in [1.54, 1.807) is 0 Å². The van der Waals surface area contributed by atoms with Gasteiger partial charge >= 0.3 is 0 Å². The fourth-order valence-corrected chi connectivity index (χ4v) is 8.50. The van der Waals surface area contributed by atoms with Gasteiger partial charge in [0.2, 0.25) is 0 Å². The summed E-state index contributed by atoms with van der Waals surface area (Å²) in [5.41, 5.74) is 14.3. The van der Waals surface area contributed by atoms with Crippen molar-refractivity contribution in [3.63, 3.8) is 0 Å². The predicted molar refractivity (Wildman–Crippen MR) is 219 cm³/mol. The molecule has 0 atom stereocenters. The second-order valence-electron chi connectivity index (χ2n) is 13.8. The molecule has 0 aliphatic heterocycles.